The summed E-state index contributed by atoms with van der Waals surface area (Å²) < 4.78 is 25.8. The van der Waals surface area contributed by atoms with Crippen LogP contribution in [0.15, 0.2) is 47.4 Å². The molecule has 0 atom stereocenters. The van der Waals surface area contributed by atoms with Crippen molar-refractivity contribution in [3.05, 3.63) is 59.3 Å². The molecule has 0 fully saturated rings. The van der Waals surface area contributed by atoms with Crippen LogP contribution in [-0.4, -0.2) is 24.9 Å². The highest BCUT2D eigenvalue weighted by Gasteiger charge is 2.22. The molecule has 0 bridgehead atoms. The predicted octanol–water partition coefficient (Wildman–Crippen LogP) is 4.08. The van der Waals surface area contributed by atoms with E-state index in [1.54, 1.807) is 37.3 Å². The molecule has 6 nitrogen and oxygen atoms in total. The number of nitriles is 1. The summed E-state index contributed by atoms with van der Waals surface area (Å²) in [4.78, 5) is 15.5. The van der Waals surface area contributed by atoms with Gasteiger partial charge < -0.3 is 10.7 Å². The first kappa shape index (κ1) is 21.6. The van der Waals surface area contributed by atoms with E-state index in [0.717, 1.165) is 11.1 Å². The summed E-state index contributed by atoms with van der Waals surface area (Å²) in [5.41, 5.74) is 9.31. The lowest BCUT2D eigenvalue weighted by molar-refractivity contribution is -0.119. The third kappa shape index (κ3) is 5.08. The number of anilines is 1. The molecular weight excluding hydrogens is 398 g/mol. The van der Waals surface area contributed by atoms with E-state index >= 15 is 0 Å². The lowest BCUT2D eigenvalue weighted by Crippen LogP contribution is -2.09. The van der Waals surface area contributed by atoms with Crippen LogP contribution in [0.25, 0.3) is 10.9 Å². The lowest BCUT2D eigenvalue weighted by Gasteiger charge is -2.06. The van der Waals surface area contributed by atoms with Gasteiger partial charge in [-0.05, 0) is 62.1 Å². The molecule has 1 heterocycles. The van der Waals surface area contributed by atoms with Crippen molar-refractivity contribution < 1.29 is 13.2 Å². The Morgan fingerprint density at radius 1 is 1.10 bits per heavy atom. The number of nitrogen functional groups attached to an aromatic ring is 1. The van der Waals surface area contributed by atoms with E-state index in [1.165, 1.54) is 0 Å². The summed E-state index contributed by atoms with van der Waals surface area (Å²) >= 11 is 0. The highest BCUT2D eigenvalue weighted by Crippen LogP contribution is 2.29. The van der Waals surface area contributed by atoms with Gasteiger partial charge >= 0.3 is 0 Å². The molecule has 3 rings (SSSR count). The Labute approximate surface area is 176 Å². The third-order valence-corrected chi connectivity index (χ3v) is 7.13. The zero-order valence-electron chi connectivity index (χ0n) is 16.9. The van der Waals surface area contributed by atoms with E-state index in [2.05, 4.69) is 11.1 Å². The molecule has 2 aromatic carbocycles. The van der Waals surface area contributed by atoms with E-state index in [1.807, 2.05) is 12.1 Å². The number of hydrogen-bond donors (Lipinski definition) is 2. The van der Waals surface area contributed by atoms with Crippen molar-refractivity contribution in [2.75, 3.05) is 11.5 Å². The fourth-order valence-corrected chi connectivity index (χ4v) is 5.40. The van der Waals surface area contributed by atoms with E-state index in [-0.39, 0.29) is 11.5 Å². The minimum absolute atomic E-state index is 0.00149. The van der Waals surface area contributed by atoms with E-state index < -0.39 is 9.84 Å². The zero-order chi connectivity index (χ0) is 21.7. The molecule has 0 amide bonds. The number of benzene rings is 2. The Kier molecular flexibility index (Phi) is 6.58. The number of Topliss-reactive ketones (excluding diaryl/α,β-unsaturated/α-hetero) is 1. The molecule has 0 radical (unpaired) electrons. The molecule has 1 aromatic heterocycles. The lowest BCUT2D eigenvalue weighted by atomic mass is 10.0. The van der Waals surface area contributed by atoms with Gasteiger partial charge in [-0.1, -0.05) is 12.1 Å². The molecule has 0 aliphatic carbocycles. The fraction of sp³-hybridized carbons (Fsp3) is 0.304. The monoisotopic (exact) mass is 423 g/mol. The number of aromatic nitrogens is 1. The summed E-state index contributed by atoms with van der Waals surface area (Å²) in [6.07, 6.45) is 2.37. The van der Waals surface area contributed by atoms with Crippen molar-refractivity contribution in [1.29, 1.82) is 5.26 Å². The third-order valence-electron chi connectivity index (χ3n) is 5.16. The van der Waals surface area contributed by atoms with Crippen LogP contribution in [-0.2, 0) is 21.1 Å². The molecule has 0 aliphatic heterocycles. The second kappa shape index (κ2) is 9.14. The van der Waals surface area contributed by atoms with Crippen LogP contribution in [0.1, 0.15) is 42.5 Å². The van der Waals surface area contributed by atoms with Crippen LogP contribution >= 0.6 is 0 Å². The molecule has 7 heteroatoms. The molecular formula is C23H25N3O3S. The number of carbonyl (C=O) groups is 1. The molecule has 0 unspecified atom stereocenters. The average molecular weight is 424 g/mol. The van der Waals surface area contributed by atoms with Gasteiger partial charge in [0.15, 0.2) is 9.84 Å². The zero-order valence-corrected chi connectivity index (χ0v) is 17.8. The van der Waals surface area contributed by atoms with Gasteiger partial charge in [0.2, 0.25) is 0 Å². The van der Waals surface area contributed by atoms with E-state index in [9.17, 15) is 13.2 Å². The number of fused-ring (bicyclic) bond motifs is 1. The van der Waals surface area contributed by atoms with Crippen LogP contribution < -0.4 is 5.73 Å². The van der Waals surface area contributed by atoms with Crippen molar-refractivity contribution in [2.24, 2.45) is 0 Å². The minimum atomic E-state index is -3.48. The first-order valence-corrected chi connectivity index (χ1v) is 11.6. The molecule has 0 saturated heterocycles. The number of nitrogens with one attached hydrogen (secondary N) is 1. The van der Waals surface area contributed by atoms with Gasteiger partial charge in [-0.2, -0.15) is 5.26 Å². The van der Waals surface area contributed by atoms with E-state index in [0.29, 0.717) is 59.3 Å². The van der Waals surface area contributed by atoms with Gasteiger partial charge in [-0.15, -0.1) is 0 Å². The minimum Gasteiger partial charge on any atom is -0.399 e. The molecule has 30 heavy (non-hydrogen) atoms. The quantitative estimate of drug-likeness (QED) is 0.397. The second-order valence-corrected chi connectivity index (χ2v) is 9.55. The maximum absolute atomic E-state index is 12.9. The average Bonchev–Trinajstić information content (AvgIpc) is 3.05. The topological polar surface area (TPSA) is 117 Å². The molecule has 3 N–H and O–H groups in total. The van der Waals surface area contributed by atoms with Crippen LogP contribution in [0, 0.1) is 18.3 Å². The number of carbonyl (C=O) groups excluding carboxylic acids is 1. The highest BCUT2D eigenvalue weighted by atomic mass is 32.2. The maximum Gasteiger partial charge on any atom is 0.180 e. The van der Waals surface area contributed by atoms with Gasteiger partial charge in [-0.25, -0.2) is 8.42 Å². The predicted molar refractivity (Wildman–Crippen MR) is 118 cm³/mol. The van der Waals surface area contributed by atoms with Crippen molar-refractivity contribution >= 4 is 32.2 Å². The normalized spacial score (nSPS) is 11.5. The number of aromatic amines is 1. The number of rotatable bonds is 9. The van der Waals surface area contributed by atoms with Crippen molar-refractivity contribution in [3.8, 4) is 6.07 Å². The first-order chi connectivity index (χ1) is 14.3. The second-order valence-electron chi connectivity index (χ2n) is 7.51. The number of unbranched alkanes of at least 4 members (excludes halogenated alkanes) is 1. The summed E-state index contributed by atoms with van der Waals surface area (Å²) in [6, 6.07) is 14.5. The van der Waals surface area contributed by atoms with Crippen LogP contribution in [0.3, 0.4) is 0 Å². The van der Waals surface area contributed by atoms with E-state index in [4.69, 9.17) is 11.0 Å². The Morgan fingerprint density at radius 3 is 2.53 bits per heavy atom. The largest absolute Gasteiger partial charge is 0.399 e. The van der Waals surface area contributed by atoms with Crippen molar-refractivity contribution in [3.63, 3.8) is 0 Å². The Balaban J connectivity index is 1.51. The Bertz CT molecular complexity index is 1200. The molecule has 0 saturated carbocycles. The van der Waals surface area contributed by atoms with Crippen molar-refractivity contribution in [2.45, 2.75) is 43.9 Å². The summed E-state index contributed by atoms with van der Waals surface area (Å²) in [6.45, 7) is 1.75. The number of H-pyrrole nitrogens is 1. The number of hydrogen-bond acceptors (Lipinski definition) is 5. The molecule has 3 aromatic rings. The SMILES string of the molecule is Cc1[nH]c2ccc(N)cc2c1S(=O)(=O)CCCCC(=O)CCc1ccc(C#N)cc1. The Hall–Kier alpha value is -3.11. The van der Waals surface area contributed by atoms with Crippen molar-refractivity contribution in [1.82, 2.24) is 4.98 Å². The van der Waals surface area contributed by atoms with Gasteiger partial charge in [0, 0.05) is 35.1 Å². The standard InChI is InChI=1S/C23H25N3O3S/c1-16-23(21-14-19(25)10-12-22(21)26-16)30(28,29)13-3-2-4-20(27)11-9-17-5-7-18(15-24)8-6-17/h5-8,10,12,14,26H,2-4,9,11,13,25H2,1H3. The molecule has 156 valence electrons. The molecule has 0 spiro atoms. The smallest absolute Gasteiger partial charge is 0.180 e. The van der Waals surface area contributed by atoms with Gasteiger partial charge in [0.1, 0.15) is 5.78 Å². The number of nitrogens with two attached hydrogens (primary N) is 1. The summed E-state index contributed by atoms with van der Waals surface area (Å²) in [5, 5.41) is 9.43. The number of sulfone groups is 1. The van der Waals surface area contributed by atoms with Crippen LogP contribution in [0.5, 0.6) is 0 Å². The summed E-state index contributed by atoms with van der Waals surface area (Å²) in [7, 11) is -3.48. The summed E-state index contributed by atoms with van der Waals surface area (Å²) in [5.74, 6) is 0.117. The molecule has 0 aliphatic rings. The Morgan fingerprint density at radius 2 is 1.83 bits per heavy atom. The van der Waals surface area contributed by atoms with Crippen LogP contribution in [0.4, 0.5) is 5.69 Å². The van der Waals surface area contributed by atoms with Gasteiger partial charge in [0.05, 0.1) is 22.3 Å². The van der Waals surface area contributed by atoms with Crippen LogP contribution in [0.2, 0.25) is 0 Å². The number of aryl methyl sites for hydroxylation is 2. The first-order valence-electron chi connectivity index (χ1n) is 9.91. The number of ketones is 1. The highest BCUT2D eigenvalue weighted by molar-refractivity contribution is 7.91. The van der Waals surface area contributed by atoms with Gasteiger partial charge in [-0.3, -0.25) is 4.79 Å². The number of nitrogens with zero attached hydrogens (tertiary/aromatic N) is 1. The maximum atomic E-state index is 12.9. The fourth-order valence-electron chi connectivity index (χ4n) is 3.59. The van der Waals surface area contributed by atoms with Gasteiger partial charge in [0.25, 0.3) is 0 Å².